The lowest BCUT2D eigenvalue weighted by Gasteiger charge is -2.10. The summed E-state index contributed by atoms with van der Waals surface area (Å²) in [5, 5.41) is 3.46. The van der Waals surface area contributed by atoms with E-state index in [1.165, 1.54) is 16.7 Å². The Kier molecular flexibility index (Phi) is 3.81. The Morgan fingerprint density at radius 1 is 1.12 bits per heavy atom. The average Bonchev–Trinajstić information content (AvgIpc) is 2.37. The van der Waals surface area contributed by atoms with Gasteiger partial charge in [0.25, 0.3) is 0 Å². The topological polar surface area (TPSA) is 12.0 Å². The molecule has 2 rings (SSSR count). The van der Waals surface area contributed by atoms with Crippen molar-refractivity contribution in [1.29, 1.82) is 0 Å². The molecule has 0 aromatic heterocycles. The fourth-order valence-electron chi connectivity index (χ4n) is 1.97. The van der Waals surface area contributed by atoms with Gasteiger partial charge in [-0.1, -0.05) is 37.3 Å². The van der Waals surface area contributed by atoms with Crippen LogP contribution < -0.4 is 5.32 Å². The van der Waals surface area contributed by atoms with Crippen LogP contribution in [-0.4, -0.2) is 0 Å². The predicted octanol–water partition coefficient (Wildman–Crippen LogP) is 3.97. The first kappa shape index (κ1) is 11.7. The molecule has 2 aromatic rings. The summed E-state index contributed by atoms with van der Waals surface area (Å²) in [6.07, 6.45) is 1.08. The molecule has 0 unspecified atom stereocenters. The lowest BCUT2D eigenvalue weighted by Crippen LogP contribution is -2.02. The third-order valence-electron chi connectivity index (χ3n) is 2.93. The van der Waals surface area contributed by atoms with Crippen molar-refractivity contribution in [2.45, 2.75) is 26.8 Å². The van der Waals surface area contributed by atoms with Crippen LogP contribution in [0.5, 0.6) is 0 Å². The summed E-state index contributed by atoms with van der Waals surface area (Å²) >= 11 is 0. The van der Waals surface area contributed by atoms with Crippen LogP contribution in [0.1, 0.15) is 23.6 Å². The van der Waals surface area contributed by atoms with E-state index in [4.69, 9.17) is 0 Å². The van der Waals surface area contributed by atoms with E-state index in [9.17, 15) is 0 Å². The van der Waals surface area contributed by atoms with Gasteiger partial charge in [-0.3, -0.25) is 0 Å². The number of aryl methyl sites for hydroxylation is 2. The Hall–Kier alpha value is -1.76. The standard InChI is InChI=1S/C16H18N/c1-3-14-8-4-5-9-15(14)12-17-16-10-6-7-13(2)11-16/h4-6,8-11,17H,3,12H2,1-2H3. The van der Waals surface area contributed by atoms with Gasteiger partial charge in [0, 0.05) is 12.2 Å². The number of benzene rings is 2. The van der Waals surface area contributed by atoms with Gasteiger partial charge in [-0.15, -0.1) is 0 Å². The maximum atomic E-state index is 3.46. The van der Waals surface area contributed by atoms with Crippen LogP contribution >= 0.6 is 0 Å². The molecule has 0 aliphatic heterocycles. The molecule has 0 spiro atoms. The minimum absolute atomic E-state index is 0.882. The zero-order valence-corrected chi connectivity index (χ0v) is 10.5. The zero-order valence-electron chi connectivity index (χ0n) is 10.5. The summed E-state index contributed by atoms with van der Waals surface area (Å²) in [5.41, 5.74) is 5.12. The molecule has 0 saturated carbocycles. The monoisotopic (exact) mass is 224 g/mol. The van der Waals surface area contributed by atoms with E-state index in [1.807, 2.05) is 6.07 Å². The summed E-state index contributed by atoms with van der Waals surface area (Å²) < 4.78 is 0. The molecule has 0 saturated heterocycles. The first-order valence-electron chi connectivity index (χ1n) is 6.08. The fraction of sp³-hybridized carbons (Fsp3) is 0.250. The third-order valence-corrected chi connectivity index (χ3v) is 2.93. The maximum absolute atomic E-state index is 3.46. The smallest absolute Gasteiger partial charge is 0.0403 e. The van der Waals surface area contributed by atoms with Crippen molar-refractivity contribution in [3.8, 4) is 0 Å². The van der Waals surface area contributed by atoms with Gasteiger partial charge < -0.3 is 5.32 Å². The second-order valence-electron chi connectivity index (χ2n) is 4.24. The summed E-state index contributed by atoms with van der Waals surface area (Å²) in [5.74, 6) is 0. The van der Waals surface area contributed by atoms with E-state index >= 15 is 0 Å². The van der Waals surface area contributed by atoms with Crippen molar-refractivity contribution in [2.24, 2.45) is 0 Å². The number of rotatable bonds is 4. The number of anilines is 1. The Morgan fingerprint density at radius 2 is 1.88 bits per heavy atom. The Balaban J connectivity index is 2.07. The number of hydrogen-bond acceptors (Lipinski definition) is 1. The highest BCUT2D eigenvalue weighted by molar-refractivity contribution is 5.46. The molecule has 0 fully saturated rings. The van der Waals surface area contributed by atoms with Crippen molar-refractivity contribution < 1.29 is 0 Å². The molecule has 1 N–H and O–H groups in total. The van der Waals surface area contributed by atoms with Gasteiger partial charge >= 0.3 is 0 Å². The van der Waals surface area contributed by atoms with Gasteiger partial charge in [-0.25, -0.2) is 0 Å². The first-order chi connectivity index (χ1) is 8.29. The Labute approximate surface area is 103 Å². The summed E-state index contributed by atoms with van der Waals surface area (Å²) in [6.45, 7) is 5.14. The van der Waals surface area contributed by atoms with E-state index in [0.717, 1.165) is 18.7 Å². The second kappa shape index (κ2) is 5.53. The number of hydrogen-bond donors (Lipinski definition) is 1. The quantitative estimate of drug-likeness (QED) is 0.828. The van der Waals surface area contributed by atoms with Gasteiger partial charge in [0.2, 0.25) is 0 Å². The zero-order chi connectivity index (χ0) is 12.1. The van der Waals surface area contributed by atoms with E-state index < -0.39 is 0 Å². The van der Waals surface area contributed by atoms with Crippen molar-refractivity contribution in [3.05, 3.63) is 65.2 Å². The van der Waals surface area contributed by atoms with Crippen LogP contribution in [0.2, 0.25) is 0 Å². The Bertz CT molecular complexity index is 488. The van der Waals surface area contributed by atoms with Crippen molar-refractivity contribution in [3.63, 3.8) is 0 Å². The van der Waals surface area contributed by atoms with Gasteiger partial charge in [-0.2, -0.15) is 0 Å². The highest BCUT2D eigenvalue weighted by atomic mass is 14.9. The molecule has 0 aliphatic rings. The Morgan fingerprint density at radius 3 is 2.59 bits per heavy atom. The van der Waals surface area contributed by atoms with E-state index in [1.54, 1.807) is 0 Å². The largest absolute Gasteiger partial charge is 0.381 e. The summed E-state index contributed by atoms with van der Waals surface area (Å²) in [4.78, 5) is 0. The van der Waals surface area contributed by atoms with Gasteiger partial charge in [0.1, 0.15) is 0 Å². The molecular weight excluding hydrogens is 206 g/mol. The van der Waals surface area contributed by atoms with Crippen LogP contribution in [0.25, 0.3) is 0 Å². The minimum atomic E-state index is 0.882. The third kappa shape index (κ3) is 3.10. The summed E-state index contributed by atoms with van der Waals surface area (Å²) in [7, 11) is 0. The molecule has 0 atom stereocenters. The van der Waals surface area contributed by atoms with Gasteiger partial charge in [-0.05, 0) is 48.2 Å². The van der Waals surface area contributed by atoms with Crippen molar-refractivity contribution in [2.75, 3.05) is 5.32 Å². The fourth-order valence-corrected chi connectivity index (χ4v) is 1.97. The minimum Gasteiger partial charge on any atom is -0.381 e. The average molecular weight is 224 g/mol. The maximum Gasteiger partial charge on any atom is 0.0403 e. The molecule has 0 amide bonds. The molecule has 1 nitrogen and oxygen atoms in total. The predicted molar refractivity (Wildman–Crippen MR) is 73.2 cm³/mol. The van der Waals surface area contributed by atoms with Crippen LogP contribution in [0.4, 0.5) is 5.69 Å². The molecular formula is C16H18N. The van der Waals surface area contributed by atoms with Gasteiger partial charge in [0.15, 0.2) is 0 Å². The van der Waals surface area contributed by atoms with E-state index in [0.29, 0.717) is 0 Å². The number of nitrogens with one attached hydrogen (secondary N) is 1. The molecule has 2 aromatic carbocycles. The molecule has 1 radical (unpaired) electrons. The SMILES string of the molecule is CCc1ccccc1CNc1cc[c]c(C)c1. The van der Waals surface area contributed by atoms with Crippen LogP contribution in [0, 0.1) is 13.0 Å². The molecule has 17 heavy (non-hydrogen) atoms. The molecule has 1 heteroatoms. The normalized spacial score (nSPS) is 10.2. The van der Waals surface area contributed by atoms with Crippen LogP contribution in [-0.2, 0) is 13.0 Å². The second-order valence-corrected chi connectivity index (χ2v) is 4.24. The lowest BCUT2D eigenvalue weighted by molar-refractivity contribution is 1.04. The van der Waals surface area contributed by atoms with E-state index in [-0.39, 0.29) is 0 Å². The summed E-state index contributed by atoms with van der Waals surface area (Å²) in [6, 6.07) is 17.9. The van der Waals surface area contributed by atoms with Crippen molar-refractivity contribution in [1.82, 2.24) is 0 Å². The van der Waals surface area contributed by atoms with E-state index in [2.05, 4.69) is 61.6 Å². The molecule has 0 bridgehead atoms. The molecule has 0 aliphatic carbocycles. The van der Waals surface area contributed by atoms with Crippen molar-refractivity contribution >= 4 is 5.69 Å². The first-order valence-corrected chi connectivity index (χ1v) is 6.08. The highest BCUT2D eigenvalue weighted by Gasteiger charge is 1.99. The van der Waals surface area contributed by atoms with Gasteiger partial charge in [0.05, 0.1) is 0 Å². The molecule has 0 heterocycles. The highest BCUT2D eigenvalue weighted by Crippen LogP contribution is 2.14. The van der Waals surface area contributed by atoms with Crippen LogP contribution in [0.15, 0.2) is 42.5 Å². The lowest BCUT2D eigenvalue weighted by atomic mass is 10.1. The van der Waals surface area contributed by atoms with Crippen LogP contribution in [0.3, 0.4) is 0 Å². The molecule has 87 valence electrons.